The van der Waals surface area contributed by atoms with Gasteiger partial charge in [-0.05, 0) is 48.0 Å². The van der Waals surface area contributed by atoms with Crippen molar-refractivity contribution in [2.45, 2.75) is 0 Å². The molecule has 164 valence electrons. The van der Waals surface area contributed by atoms with E-state index in [0.29, 0.717) is 15.9 Å². The number of hydrogen-bond donors (Lipinski definition) is 1. The Morgan fingerprint density at radius 1 is 1.06 bits per heavy atom. The number of H-pyrrole nitrogens is 1. The first-order chi connectivity index (χ1) is 16.1. The Morgan fingerprint density at radius 3 is 2.58 bits per heavy atom. The molecular formula is C25H19ClN4O2S. The summed E-state index contributed by atoms with van der Waals surface area (Å²) in [5.41, 5.74) is 4.58. The molecule has 1 saturated heterocycles. The Balaban J connectivity index is 1.50. The molecule has 2 heterocycles. The number of anilines is 1. The fraction of sp³-hybridized carbons (Fsp3) is 0.0800. The summed E-state index contributed by atoms with van der Waals surface area (Å²) in [4.78, 5) is 17.5. The first kappa shape index (κ1) is 21.3. The van der Waals surface area contributed by atoms with Crippen LogP contribution in [0.15, 0.2) is 83.0 Å². The molecule has 1 N–H and O–H groups in total. The van der Waals surface area contributed by atoms with Crippen molar-refractivity contribution in [3.63, 3.8) is 0 Å². The molecular weight excluding hydrogens is 456 g/mol. The van der Waals surface area contributed by atoms with E-state index < -0.39 is 0 Å². The number of aromatic amines is 1. The van der Waals surface area contributed by atoms with Crippen molar-refractivity contribution in [3.05, 3.63) is 83.4 Å². The molecule has 5 rings (SSSR count). The highest BCUT2D eigenvalue weighted by Gasteiger charge is 2.29. The average molecular weight is 475 g/mol. The van der Waals surface area contributed by atoms with E-state index in [1.807, 2.05) is 72.8 Å². The number of fused-ring (bicyclic) bond motifs is 1. The average Bonchev–Trinajstić information content (AvgIpc) is 3.40. The third kappa shape index (κ3) is 4.25. The van der Waals surface area contributed by atoms with Gasteiger partial charge in [-0.25, -0.2) is 0 Å². The van der Waals surface area contributed by atoms with Gasteiger partial charge in [0.2, 0.25) is 5.91 Å². The number of benzene rings is 3. The van der Waals surface area contributed by atoms with Crippen molar-refractivity contribution in [2.75, 3.05) is 17.8 Å². The molecule has 0 bridgehead atoms. The molecule has 0 radical (unpaired) electrons. The van der Waals surface area contributed by atoms with Gasteiger partial charge >= 0.3 is 0 Å². The highest BCUT2D eigenvalue weighted by molar-refractivity contribution is 8.15. The fourth-order valence-electron chi connectivity index (χ4n) is 3.70. The summed E-state index contributed by atoms with van der Waals surface area (Å²) in [7, 11) is 1.61. The van der Waals surface area contributed by atoms with Crippen molar-refractivity contribution in [3.8, 4) is 17.0 Å². The number of amidine groups is 1. The number of amides is 1. The van der Waals surface area contributed by atoms with Gasteiger partial charge in [-0.15, -0.1) is 5.10 Å². The lowest BCUT2D eigenvalue weighted by atomic mass is 10.1. The SMILES string of the molecule is COc1ccc(N2C(=O)CS/C2=N/N=C/c2c(-c3ccc(Cl)cc3)[nH]c3ccccc23)cc1. The molecule has 0 aliphatic carbocycles. The number of methoxy groups -OCH3 is 1. The minimum atomic E-state index is -0.0342. The van der Waals surface area contributed by atoms with Gasteiger partial charge in [0.1, 0.15) is 5.75 Å². The molecule has 0 atom stereocenters. The first-order valence-electron chi connectivity index (χ1n) is 10.2. The number of nitrogens with zero attached hydrogens (tertiary/aromatic N) is 3. The number of para-hydroxylation sites is 1. The fourth-order valence-corrected chi connectivity index (χ4v) is 4.65. The Morgan fingerprint density at radius 2 is 1.82 bits per heavy atom. The molecule has 1 fully saturated rings. The third-order valence-electron chi connectivity index (χ3n) is 5.31. The number of aromatic nitrogens is 1. The normalized spacial score (nSPS) is 15.3. The van der Waals surface area contributed by atoms with Gasteiger partial charge in [-0.1, -0.05) is 53.7 Å². The van der Waals surface area contributed by atoms with Crippen molar-refractivity contribution in [1.29, 1.82) is 0 Å². The van der Waals surface area contributed by atoms with E-state index in [-0.39, 0.29) is 5.91 Å². The predicted octanol–water partition coefficient (Wildman–Crippen LogP) is 5.97. The van der Waals surface area contributed by atoms with Gasteiger partial charge in [0.15, 0.2) is 5.17 Å². The summed E-state index contributed by atoms with van der Waals surface area (Å²) >= 11 is 7.44. The van der Waals surface area contributed by atoms with Gasteiger partial charge in [0.05, 0.1) is 30.5 Å². The van der Waals surface area contributed by atoms with Crippen molar-refractivity contribution >= 4 is 57.2 Å². The Kier molecular flexibility index (Phi) is 5.90. The molecule has 0 saturated carbocycles. The van der Waals surface area contributed by atoms with Gasteiger partial charge in [-0.2, -0.15) is 5.10 Å². The van der Waals surface area contributed by atoms with Crippen LogP contribution >= 0.6 is 23.4 Å². The second-order valence-electron chi connectivity index (χ2n) is 7.31. The second kappa shape index (κ2) is 9.13. The molecule has 0 unspecified atom stereocenters. The molecule has 1 aromatic heterocycles. The van der Waals surface area contributed by atoms with Crippen LogP contribution in [0.5, 0.6) is 5.75 Å². The van der Waals surface area contributed by atoms with E-state index in [1.165, 1.54) is 11.8 Å². The molecule has 33 heavy (non-hydrogen) atoms. The van der Waals surface area contributed by atoms with Crippen LogP contribution in [0.1, 0.15) is 5.56 Å². The summed E-state index contributed by atoms with van der Waals surface area (Å²) in [6.07, 6.45) is 1.73. The van der Waals surface area contributed by atoms with Crippen LogP contribution in [0.4, 0.5) is 5.69 Å². The van der Waals surface area contributed by atoms with Crippen molar-refractivity contribution < 1.29 is 9.53 Å². The zero-order chi connectivity index (χ0) is 22.8. The number of thioether (sulfide) groups is 1. The maximum absolute atomic E-state index is 12.5. The van der Waals surface area contributed by atoms with Crippen molar-refractivity contribution in [1.82, 2.24) is 4.98 Å². The minimum absolute atomic E-state index is 0.0342. The van der Waals surface area contributed by atoms with Gasteiger partial charge in [0, 0.05) is 21.5 Å². The van der Waals surface area contributed by atoms with E-state index in [4.69, 9.17) is 16.3 Å². The molecule has 0 spiro atoms. The summed E-state index contributed by atoms with van der Waals surface area (Å²) in [5, 5.41) is 11.0. The number of ether oxygens (including phenoxy) is 1. The van der Waals surface area contributed by atoms with E-state index in [2.05, 4.69) is 15.2 Å². The number of carbonyl (C=O) groups excluding carboxylic acids is 1. The summed E-state index contributed by atoms with van der Waals surface area (Å²) in [6.45, 7) is 0. The van der Waals surface area contributed by atoms with E-state index >= 15 is 0 Å². The summed E-state index contributed by atoms with van der Waals surface area (Å²) in [5.74, 6) is 1.01. The quantitative estimate of drug-likeness (QED) is 0.286. The number of nitrogens with one attached hydrogen (secondary N) is 1. The van der Waals surface area contributed by atoms with Crippen LogP contribution in [-0.2, 0) is 4.79 Å². The van der Waals surface area contributed by atoms with Crippen LogP contribution in [0.3, 0.4) is 0 Å². The zero-order valence-corrected chi connectivity index (χ0v) is 19.2. The van der Waals surface area contributed by atoms with Gasteiger partial charge < -0.3 is 9.72 Å². The highest BCUT2D eigenvalue weighted by Crippen LogP contribution is 2.31. The highest BCUT2D eigenvalue weighted by atomic mass is 35.5. The molecule has 1 amide bonds. The molecule has 8 heteroatoms. The lowest BCUT2D eigenvalue weighted by Crippen LogP contribution is -2.28. The molecule has 1 aliphatic heterocycles. The smallest absolute Gasteiger partial charge is 0.243 e. The summed E-state index contributed by atoms with van der Waals surface area (Å²) < 4.78 is 5.21. The molecule has 6 nitrogen and oxygen atoms in total. The van der Waals surface area contributed by atoms with Crippen molar-refractivity contribution in [2.24, 2.45) is 10.2 Å². The number of halogens is 1. The van der Waals surface area contributed by atoms with Crippen LogP contribution in [0.25, 0.3) is 22.2 Å². The van der Waals surface area contributed by atoms with Crippen LogP contribution < -0.4 is 9.64 Å². The van der Waals surface area contributed by atoms with Crippen LogP contribution in [0, 0.1) is 0 Å². The Bertz CT molecular complexity index is 1380. The topological polar surface area (TPSA) is 70.0 Å². The minimum Gasteiger partial charge on any atom is -0.497 e. The zero-order valence-electron chi connectivity index (χ0n) is 17.7. The number of hydrogen-bond acceptors (Lipinski definition) is 5. The van der Waals surface area contributed by atoms with E-state index in [9.17, 15) is 4.79 Å². The third-order valence-corrected chi connectivity index (χ3v) is 6.47. The van der Waals surface area contributed by atoms with Crippen LogP contribution in [0.2, 0.25) is 5.02 Å². The number of carbonyl (C=O) groups is 1. The monoisotopic (exact) mass is 474 g/mol. The largest absolute Gasteiger partial charge is 0.497 e. The molecule has 4 aromatic rings. The molecule has 1 aliphatic rings. The van der Waals surface area contributed by atoms with E-state index in [0.717, 1.165) is 39.2 Å². The maximum Gasteiger partial charge on any atom is 0.243 e. The maximum atomic E-state index is 12.5. The van der Waals surface area contributed by atoms with Gasteiger partial charge in [-0.3, -0.25) is 9.69 Å². The predicted molar refractivity (Wildman–Crippen MR) is 137 cm³/mol. The van der Waals surface area contributed by atoms with E-state index in [1.54, 1.807) is 18.2 Å². The lowest BCUT2D eigenvalue weighted by Gasteiger charge is -2.15. The Hall–Kier alpha value is -3.55. The van der Waals surface area contributed by atoms with Crippen LogP contribution in [-0.4, -0.2) is 35.1 Å². The Labute approximate surface area is 199 Å². The first-order valence-corrected chi connectivity index (χ1v) is 11.6. The second-order valence-corrected chi connectivity index (χ2v) is 8.69. The molecule has 3 aromatic carbocycles. The summed E-state index contributed by atoms with van der Waals surface area (Å²) in [6, 6.07) is 23.0. The standard InChI is InChI=1S/C25H19ClN4O2S/c1-32-19-12-10-18(11-13-19)30-23(31)15-33-25(30)29-27-14-21-20-4-2-3-5-22(20)28-24(21)16-6-8-17(26)9-7-16/h2-14,28H,15H2,1H3/b27-14+,29-25+. The van der Waals surface area contributed by atoms with Gasteiger partial charge in [0.25, 0.3) is 0 Å². The number of rotatable bonds is 5. The lowest BCUT2D eigenvalue weighted by molar-refractivity contribution is -0.115.